The van der Waals surface area contributed by atoms with Gasteiger partial charge in [-0.1, -0.05) is 54.8 Å². The molecule has 0 aliphatic rings. The van der Waals surface area contributed by atoms with Crippen LogP contribution in [-0.2, 0) is 12.8 Å². The summed E-state index contributed by atoms with van der Waals surface area (Å²) in [5, 5.41) is 1.41. The van der Waals surface area contributed by atoms with Gasteiger partial charge in [-0.25, -0.2) is 13.2 Å². The van der Waals surface area contributed by atoms with Crippen LogP contribution in [0.5, 0.6) is 5.75 Å². The van der Waals surface area contributed by atoms with Crippen molar-refractivity contribution in [1.29, 1.82) is 0 Å². The molecule has 0 aliphatic carbocycles. The van der Waals surface area contributed by atoms with Crippen LogP contribution in [0.4, 0.5) is 13.2 Å². The second-order valence-corrected chi connectivity index (χ2v) is 7.60. The first-order valence-electron chi connectivity index (χ1n) is 10.5. The summed E-state index contributed by atoms with van der Waals surface area (Å²) in [6.45, 7) is 4.05. The summed E-state index contributed by atoms with van der Waals surface area (Å²) in [4.78, 5) is 0. The van der Waals surface area contributed by atoms with Gasteiger partial charge in [-0.2, -0.15) is 0 Å². The van der Waals surface area contributed by atoms with Gasteiger partial charge in [-0.15, -0.1) is 0 Å². The van der Waals surface area contributed by atoms with Crippen molar-refractivity contribution in [2.45, 2.75) is 12.8 Å². The van der Waals surface area contributed by atoms with Gasteiger partial charge in [0.1, 0.15) is 29.8 Å². The molecule has 33 heavy (non-hydrogen) atoms. The van der Waals surface area contributed by atoms with E-state index in [4.69, 9.17) is 4.74 Å². The van der Waals surface area contributed by atoms with Gasteiger partial charge in [-0.05, 0) is 77.2 Å². The van der Waals surface area contributed by atoms with E-state index >= 15 is 0 Å². The lowest BCUT2D eigenvalue weighted by Gasteiger charge is -2.07. The number of benzene rings is 4. The summed E-state index contributed by atoms with van der Waals surface area (Å²) in [7, 11) is 0. The zero-order valence-electron chi connectivity index (χ0n) is 17.9. The fourth-order valence-corrected chi connectivity index (χ4v) is 3.58. The lowest BCUT2D eigenvalue weighted by Crippen LogP contribution is -1.98. The van der Waals surface area contributed by atoms with Crippen LogP contribution in [0.15, 0.2) is 85.5 Å². The van der Waals surface area contributed by atoms with Crippen LogP contribution in [-0.4, -0.2) is 6.61 Å². The molecule has 4 aromatic carbocycles. The predicted molar refractivity (Wildman–Crippen MR) is 126 cm³/mol. The highest BCUT2D eigenvalue weighted by Crippen LogP contribution is 2.21. The summed E-state index contributed by atoms with van der Waals surface area (Å²) >= 11 is 0. The number of halogens is 3. The minimum absolute atomic E-state index is 0.276. The maximum absolute atomic E-state index is 14.7. The molecule has 0 fully saturated rings. The van der Waals surface area contributed by atoms with Crippen LogP contribution < -0.4 is 4.74 Å². The molecule has 1 nitrogen and oxygen atoms in total. The van der Waals surface area contributed by atoms with E-state index in [-0.39, 0.29) is 11.4 Å². The van der Waals surface area contributed by atoms with Crippen molar-refractivity contribution < 1.29 is 17.9 Å². The Labute approximate surface area is 191 Å². The number of fused-ring (bicyclic) bond motifs is 1. The molecular formula is C29H21F3O. The molecule has 0 atom stereocenters. The van der Waals surface area contributed by atoms with E-state index in [2.05, 4.69) is 18.4 Å². The van der Waals surface area contributed by atoms with Gasteiger partial charge >= 0.3 is 0 Å². The van der Waals surface area contributed by atoms with Crippen LogP contribution in [0.2, 0.25) is 0 Å². The molecule has 0 amide bonds. The molecule has 4 heteroatoms. The van der Waals surface area contributed by atoms with Crippen molar-refractivity contribution in [3.05, 3.63) is 125 Å². The van der Waals surface area contributed by atoms with E-state index < -0.39 is 11.6 Å². The molecule has 0 spiro atoms. The quantitative estimate of drug-likeness (QED) is 0.231. The number of aryl methyl sites for hydroxylation is 2. The lowest BCUT2D eigenvalue weighted by molar-refractivity contribution is 0.363. The lowest BCUT2D eigenvalue weighted by atomic mass is 10.0. The Hall–Kier alpha value is -3.97. The van der Waals surface area contributed by atoms with Crippen LogP contribution in [0.1, 0.15) is 22.3 Å². The Bertz CT molecular complexity index is 1340. The van der Waals surface area contributed by atoms with Gasteiger partial charge in [0.2, 0.25) is 0 Å². The van der Waals surface area contributed by atoms with Crippen molar-refractivity contribution in [3.8, 4) is 17.6 Å². The Morgan fingerprint density at radius 2 is 1.52 bits per heavy atom. The highest BCUT2D eigenvalue weighted by molar-refractivity contribution is 5.88. The predicted octanol–water partition coefficient (Wildman–Crippen LogP) is 7.01. The number of hydrogen-bond donors (Lipinski definition) is 0. The van der Waals surface area contributed by atoms with Gasteiger partial charge in [0.15, 0.2) is 0 Å². The zero-order valence-corrected chi connectivity index (χ0v) is 17.9. The first kappa shape index (κ1) is 22.2. The van der Waals surface area contributed by atoms with Gasteiger partial charge < -0.3 is 4.74 Å². The standard InChI is InChI=1S/C29H21F3O/c1-2-16-33-25-12-8-20(9-13-25)6-7-21-17-28(31)27(29(32)18-21)14-10-22-4-3-5-23-19-24(30)11-15-26(22)23/h2-5,8-9,11-13,15,17-19H,1,6-7,16H2. The molecule has 0 radical (unpaired) electrons. The topological polar surface area (TPSA) is 9.23 Å². The van der Waals surface area contributed by atoms with Crippen LogP contribution in [0.3, 0.4) is 0 Å². The van der Waals surface area contributed by atoms with Crippen molar-refractivity contribution in [3.63, 3.8) is 0 Å². The largest absolute Gasteiger partial charge is 0.490 e. The SMILES string of the molecule is C=CCOc1ccc(CCc2cc(F)c(C#Cc3cccc4cc(F)ccc34)c(F)c2)cc1. The summed E-state index contributed by atoms with van der Waals surface area (Å²) in [6.07, 6.45) is 2.80. The second-order valence-electron chi connectivity index (χ2n) is 7.60. The Morgan fingerprint density at radius 1 is 0.788 bits per heavy atom. The summed E-state index contributed by atoms with van der Waals surface area (Å²) < 4.78 is 48.2. The molecule has 0 bridgehead atoms. The average Bonchev–Trinajstić information content (AvgIpc) is 2.81. The molecule has 0 unspecified atom stereocenters. The zero-order chi connectivity index (χ0) is 23.2. The van der Waals surface area contributed by atoms with Crippen molar-refractivity contribution in [2.75, 3.05) is 6.61 Å². The Kier molecular flexibility index (Phi) is 6.80. The number of hydrogen-bond acceptors (Lipinski definition) is 1. The summed E-state index contributed by atoms with van der Waals surface area (Å²) in [6, 6.07) is 19.8. The van der Waals surface area contributed by atoms with Crippen LogP contribution in [0.25, 0.3) is 10.8 Å². The van der Waals surface area contributed by atoms with E-state index in [0.29, 0.717) is 36.0 Å². The van der Waals surface area contributed by atoms with Gasteiger partial charge in [-0.3, -0.25) is 0 Å². The Balaban J connectivity index is 1.50. The third-order valence-corrected chi connectivity index (χ3v) is 5.26. The molecular weight excluding hydrogens is 421 g/mol. The molecule has 4 aromatic rings. The van der Waals surface area contributed by atoms with E-state index in [1.165, 1.54) is 24.3 Å². The normalized spacial score (nSPS) is 10.5. The minimum atomic E-state index is -0.697. The smallest absolute Gasteiger partial charge is 0.142 e. The number of rotatable bonds is 6. The highest BCUT2D eigenvalue weighted by Gasteiger charge is 2.10. The molecule has 0 heterocycles. The highest BCUT2D eigenvalue weighted by atomic mass is 19.1. The molecule has 164 valence electrons. The van der Waals surface area contributed by atoms with Crippen LogP contribution in [0, 0.1) is 29.3 Å². The van der Waals surface area contributed by atoms with E-state index in [9.17, 15) is 13.2 Å². The summed E-state index contributed by atoms with van der Waals surface area (Å²) in [5.41, 5.74) is 1.90. The van der Waals surface area contributed by atoms with Gasteiger partial charge in [0, 0.05) is 5.56 Å². The molecule has 0 N–H and O–H groups in total. The molecule has 0 aromatic heterocycles. The summed E-state index contributed by atoms with van der Waals surface area (Å²) in [5.74, 6) is 4.45. The van der Waals surface area contributed by atoms with Crippen molar-refractivity contribution in [2.24, 2.45) is 0 Å². The fraction of sp³-hybridized carbons (Fsp3) is 0.103. The minimum Gasteiger partial charge on any atom is -0.490 e. The average molecular weight is 442 g/mol. The third-order valence-electron chi connectivity index (χ3n) is 5.26. The molecule has 0 saturated heterocycles. The first-order valence-corrected chi connectivity index (χ1v) is 10.5. The second kappa shape index (κ2) is 10.1. The molecule has 0 aliphatic heterocycles. The van der Waals surface area contributed by atoms with Gasteiger partial charge in [0.25, 0.3) is 0 Å². The molecule has 4 rings (SSSR count). The van der Waals surface area contributed by atoms with Crippen LogP contribution >= 0.6 is 0 Å². The first-order chi connectivity index (χ1) is 16.0. The molecule has 0 saturated carbocycles. The third kappa shape index (κ3) is 5.45. The van der Waals surface area contributed by atoms with E-state index in [0.717, 1.165) is 16.7 Å². The maximum Gasteiger partial charge on any atom is 0.142 e. The Morgan fingerprint density at radius 3 is 2.24 bits per heavy atom. The maximum atomic E-state index is 14.7. The van der Waals surface area contributed by atoms with E-state index in [1.807, 2.05) is 24.3 Å². The number of ether oxygens (including phenoxy) is 1. The fourth-order valence-electron chi connectivity index (χ4n) is 3.58. The van der Waals surface area contributed by atoms with Gasteiger partial charge in [0.05, 0.1) is 5.56 Å². The van der Waals surface area contributed by atoms with Crippen molar-refractivity contribution >= 4 is 10.8 Å². The van der Waals surface area contributed by atoms with E-state index in [1.54, 1.807) is 30.3 Å². The monoisotopic (exact) mass is 442 g/mol. The van der Waals surface area contributed by atoms with Crippen molar-refractivity contribution in [1.82, 2.24) is 0 Å².